The smallest absolute Gasteiger partial charge is 0.0171 e. The van der Waals surface area contributed by atoms with Crippen molar-refractivity contribution in [1.29, 1.82) is 0 Å². The summed E-state index contributed by atoms with van der Waals surface area (Å²) < 4.78 is 0. The van der Waals surface area contributed by atoms with Crippen LogP contribution in [0.2, 0.25) is 0 Å². The molecule has 0 heterocycles. The summed E-state index contributed by atoms with van der Waals surface area (Å²) in [6, 6.07) is 0. The van der Waals surface area contributed by atoms with Crippen molar-refractivity contribution in [3.8, 4) is 0 Å². The molecule has 0 aliphatic rings. The fraction of sp³-hybridized carbons (Fsp3) is 0.684. The Balaban J connectivity index is 4.51. The lowest BCUT2D eigenvalue weighted by Gasteiger charge is -2.23. The highest BCUT2D eigenvalue weighted by Gasteiger charge is 2.05. The van der Waals surface area contributed by atoms with Crippen LogP contribution in [-0.2, 0) is 0 Å². The Hall–Kier alpha value is -0.980. The standard InChI is InChI=1S/C19H35N/c1-7-10-15-20(6)19(9-3)16-18(8-2)14-12-11-13-17(4)5/h9,11-12,14,17H,7-8,10,13,15-16H2,1-6H3/b12-11-,18-14-,19-9+. The van der Waals surface area contributed by atoms with Crippen LogP contribution in [0.3, 0.4) is 0 Å². The van der Waals surface area contributed by atoms with Gasteiger partial charge in [-0.15, -0.1) is 0 Å². The monoisotopic (exact) mass is 277 g/mol. The number of unbranched alkanes of at least 4 members (excludes halogenated alkanes) is 1. The molecule has 1 nitrogen and oxygen atoms in total. The fourth-order valence-corrected chi connectivity index (χ4v) is 2.09. The Bertz CT molecular complexity index is 321. The number of nitrogens with zero attached hydrogens (tertiary/aromatic N) is 1. The molecular weight excluding hydrogens is 242 g/mol. The lowest BCUT2D eigenvalue weighted by molar-refractivity contribution is 0.396. The Morgan fingerprint density at radius 3 is 2.40 bits per heavy atom. The van der Waals surface area contributed by atoms with Crippen molar-refractivity contribution in [2.75, 3.05) is 13.6 Å². The zero-order chi connectivity index (χ0) is 15.4. The van der Waals surface area contributed by atoms with E-state index >= 15 is 0 Å². The normalized spacial score (nSPS) is 13.6. The minimum absolute atomic E-state index is 0.746. The van der Waals surface area contributed by atoms with Crippen LogP contribution in [0, 0.1) is 5.92 Å². The summed E-state index contributed by atoms with van der Waals surface area (Å²) >= 11 is 0. The molecule has 0 aromatic carbocycles. The molecule has 0 unspecified atom stereocenters. The summed E-state index contributed by atoms with van der Waals surface area (Å²) in [4.78, 5) is 2.41. The molecule has 0 spiro atoms. The van der Waals surface area contributed by atoms with Gasteiger partial charge in [-0.1, -0.05) is 64.0 Å². The first kappa shape index (κ1) is 19.0. The van der Waals surface area contributed by atoms with Gasteiger partial charge in [0.05, 0.1) is 0 Å². The second-order valence-corrected chi connectivity index (χ2v) is 5.97. The molecule has 116 valence electrons. The van der Waals surface area contributed by atoms with Gasteiger partial charge in [-0.2, -0.15) is 0 Å². The van der Waals surface area contributed by atoms with E-state index in [1.54, 1.807) is 0 Å². The molecule has 0 amide bonds. The predicted octanol–water partition coefficient (Wildman–Crippen LogP) is 5.95. The van der Waals surface area contributed by atoms with E-state index in [-0.39, 0.29) is 0 Å². The van der Waals surface area contributed by atoms with E-state index in [0.717, 1.165) is 25.3 Å². The van der Waals surface area contributed by atoms with E-state index in [1.807, 2.05) is 0 Å². The Morgan fingerprint density at radius 1 is 1.20 bits per heavy atom. The van der Waals surface area contributed by atoms with Gasteiger partial charge in [0.25, 0.3) is 0 Å². The molecule has 0 atom stereocenters. The molecule has 0 aromatic rings. The Labute approximate surface area is 127 Å². The van der Waals surface area contributed by atoms with E-state index < -0.39 is 0 Å². The number of hydrogen-bond donors (Lipinski definition) is 0. The van der Waals surface area contributed by atoms with E-state index in [4.69, 9.17) is 0 Å². The third-order valence-electron chi connectivity index (χ3n) is 3.61. The van der Waals surface area contributed by atoms with Crippen molar-refractivity contribution in [2.24, 2.45) is 5.92 Å². The maximum absolute atomic E-state index is 2.41. The Morgan fingerprint density at radius 2 is 1.90 bits per heavy atom. The SMILES string of the molecule is C/C=C(\C/C(=C\C=C/CC(C)C)CC)N(C)CCCC. The van der Waals surface area contributed by atoms with Crippen molar-refractivity contribution in [2.45, 2.75) is 66.7 Å². The maximum atomic E-state index is 2.41. The summed E-state index contributed by atoms with van der Waals surface area (Å²) in [6.07, 6.45) is 15.0. The van der Waals surface area contributed by atoms with Crippen LogP contribution in [0.4, 0.5) is 0 Å². The van der Waals surface area contributed by atoms with Crippen LogP contribution in [0.15, 0.2) is 35.6 Å². The largest absolute Gasteiger partial charge is 0.378 e. The van der Waals surface area contributed by atoms with Gasteiger partial charge in [0.1, 0.15) is 0 Å². The third-order valence-corrected chi connectivity index (χ3v) is 3.61. The van der Waals surface area contributed by atoms with Crippen molar-refractivity contribution >= 4 is 0 Å². The molecule has 0 saturated heterocycles. The lowest BCUT2D eigenvalue weighted by Crippen LogP contribution is -2.19. The highest BCUT2D eigenvalue weighted by atomic mass is 15.1. The first-order chi connectivity index (χ1) is 9.54. The fourth-order valence-electron chi connectivity index (χ4n) is 2.09. The molecule has 0 N–H and O–H groups in total. The van der Waals surface area contributed by atoms with Crippen molar-refractivity contribution in [3.05, 3.63) is 35.6 Å². The minimum atomic E-state index is 0.746. The topological polar surface area (TPSA) is 3.24 Å². The number of allylic oxidation sites excluding steroid dienone is 5. The average molecular weight is 277 g/mol. The molecule has 0 bridgehead atoms. The second-order valence-electron chi connectivity index (χ2n) is 5.97. The zero-order valence-corrected chi connectivity index (χ0v) is 14.6. The number of rotatable bonds is 10. The van der Waals surface area contributed by atoms with Gasteiger partial charge >= 0.3 is 0 Å². The van der Waals surface area contributed by atoms with Gasteiger partial charge in [-0.3, -0.25) is 0 Å². The Kier molecular flexibility index (Phi) is 11.2. The quantitative estimate of drug-likeness (QED) is 0.446. The van der Waals surface area contributed by atoms with Crippen LogP contribution in [0.5, 0.6) is 0 Å². The van der Waals surface area contributed by atoms with E-state index in [0.29, 0.717) is 0 Å². The highest BCUT2D eigenvalue weighted by Crippen LogP contribution is 2.17. The van der Waals surface area contributed by atoms with Crippen LogP contribution in [-0.4, -0.2) is 18.5 Å². The van der Waals surface area contributed by atoms with E-state index in [9.17, 15) is 0 Å². The van der Waals surface area contributed by atoms with Gasteiger partial charge in [0, 0.05) is 25.7 Å². The van der Waals surface area contributed by atoms with E-state index in [1.165, 1.54) is 30.5 Å². The predicted molar refractivity (Wildman–Crippen MR) is 92.9 cm³/mol. The minimum Gasteiger partial charge on any atom is -0.378 e. The molecule has 1 heteroatoms. The molecule has 0 aromatic heterocycles. The van der Waals surface area contributed by atoms with Gasteiger partial charge in [-0.05, 0) is 32.1 Å². The van der Waals surface area contributed by atoms with Crippen molar-refractivity contribution in [3.63, 3.8) is 0 Å². The first-order valence-electron chi connectivity index (χ1n) is 8.25. The van der Waals surface area contributed by atoms with Gasteiger partial charge in [0.2, 0.25) is 0 Å². The highest BCUT2D eigenvalue weighted by molar-refractivity contribution is 5.19. The van der Waals surface area contributed by atoms with E-state index in [2.05, 4.69) is 70.9 Å². The molecular formula is C19H35N. The van der Waals surface area contributed by atoms with Gasteiger partial charge in [-0.25, -0.2) is 0 Å². The lowest BCUT2D eigenvalue weighted by atomic mass is 10.1. The summed E-state index contributed by atoms with van der Waals surface area (Å²) in [7, 11) is 2.22. The maximum Gasteiger partial charge on any atom is 0.0171 e. The third kappa shape index (κ3) is 9.01. The molecule has 0 aliphatic carbocycles. The van der Waals surface area contributed by atoms with Crippen LogP contribution < -0.4 is 0 Å². The molecule has 0 radical (unpaired) electrons. The van der Waals surface area contributed by atoms with Gasteiger partial charge < -0.3 is 4.90 Å². The summed E-state index contributed by atoms with van der Waals surface area (Å²) in [5, 5.41) is 0. The molecule has 0 saturated carbocycles. The zero-order valence-electron chi connectivity index (χ0n) is 14.6. The summed E-state index contributed by atoms with van der Waals surface area (Å²) in [5.41, 5.74) is 2.96. The first-order valence-corrected chi connectivity index (χ1v) is 8.25. The molecule has 0 fully saturated rings. The summed E-state index contributed by atoms with van der Waals surface area (Å²) in [6.45, 7) is 12.3. The average Bonchev–Trinajstić information content (AvgIpc) is 2.43. The van der Waals surface area contributed by atoms with Crippen LogP contribution in [0.1, 0.15) is 66.7 Å². The second kappa shape index (κ2) is 11.8. The molecule has 0 rings (SSSR count). The van der Waals surface area contributed by atoms with Crippen LogP contribution in [0.25, 0.3) is 0 Å². The van der Waals surface area contributed by atoms with Crippen molar-refractivity contribution in [1.82, 2.24) is 4.90 Å². The van der Waals surface area contributed by atoms with Crippen LogP contribution >= 0.6 is 0 Å². The summed E-state index contributed by atoms with van der Waals surface area (Å²) in [5.74, 6) is 0.746. The molecule has 20 heavy (non-hydrogen) atoms. The van der Waals surface area contributed by atoms with Crippen molar-refractivity contribution < 1.29 is 0 Å². The van der Waals surface area contributed by atoms with Gasteiger partial charge in [0.15, 0.2) is 0 Å². The molecule has 0 aliphatic heterocycles. The number of hydrogen-bond acceptors (Lipinski definition) is 1.